The van der Waals surface area contributed by atoms with E-state index in [1.165, 1.54) is 43.4 Å². The predicted molar refractivity (Wildman–Crippen MR) is 107 cm³/mol. The average Bonchev–Trinajstić information content (AvgIpc) is 3.04. The SMILES string of the molecule is COC(CN(C(=O)Cc1ccccc1)C1CC(=O)N(c2ccc(F)cc2)C1=O)OC. The third kappa shape index (κ3) is 4.72. The molecule has 0 N–H and O–H groups in total. The molecule has 0 bridgehead atoms. The molecule has 1 unspecified atom stereocenters. The van der Waals surface area contributed by atoms with Crippen LogP contribution >= 0.6 is 0 Å². The lowest BCUT2D eigenvalue weighted by Crippen LogP contribution is -2.49. The van der Waals surface area contributed by atoms with Crippen LogP contribution in [0.1, 0.15) is 12.0 Å². The summed E-state index contributed by atoms with van der Waals surface area (Å²) in [6, 6.07) is 13.2. The molecule has 0 saturated carbocycles. The molecule has 1 saturated heterocycles. The molecule has 1 fully saturated rings. The Balaban J connectivity index is 1.86. The lowest BCUT2D eigenvalue weighted by atomic mass is 10.1. The van der Waals surface area contributed by atoms with Gasteiger partial charge in [-0.1, -0.05) is 30.3 Å². The van der Waals surface area contributed by atoms with Crippen LogP contribution in [-0.2, 0) is 30.3 Å². The van der Waals surface area contributed by atoms with E-state index in [4.69, 9.17) is 9.47 Å². The van der Waals surface area contributed by atoms with Crippen LogP contribution in [0.15, 0.2) is 54.6 Å². The number of ether oxygens (including phenoxy) is 2. The van der Waals surface area contributed by atoms with Crippen molar-refractivity contribution in [2.75, 3.05) is 25.7 Å². The second kappa shape index (κ2) is 9.60. The topological polar surface area (TPSA) is 76.2 Å². The second-order valence-electron chi connectivity index (χ2n) is 6.87. The van der Waals surface area contributed by atoms with Gasteiger partial charge in [0.1, 0.15) is 11.9 Å². The minimum Gasteiger partial charge on any atom is -0.354 e. The second-order valence-corrected chi connectivity index (χ2v) is 6.87. The maximum atomic E-state index is 13.2. The van der Waals surface area contributed by atoms with Crippen molar-refractivity contribution in [2.24, 2.45) is 0 Å². The fourth-order valence-corrected chi connectivity index (χ4v) is 3.40. The Kier molecular flexibility index (Phi) is 6.91. The lowest BCUT2D eigenvalue weighted by molar-refractivity contribution is -0.152. The molecule has 158 valence electrons. The van der Waals surface area contributed by atoms with Crippen molar-refractivity contribution >= 4 is 23.4 Å². The van der Waals surface area contributed by atoms with Crippen LogP contribution in [0.4, 0.5) is 10.1 Å². The molecule has 7 nitrogen and oxygen atoms in total. The smallest absolute Gasteiger partial charge is 0.257 e. The molecule has 1 atom stereocenters. The number of hydrogen-bond donors (Lipinski definition) is 0. The summed E-state index contributed by atoms with van der Waals surface area (Å²) in [6.45, 7) is -0.0143. The summed E-state index contributed by atoms with van der Waals surface area (Å²) in [5.41, 5.74) is 1.05. The molecule has 1 aliphatic heterocycles. The maximum Gasteiger partial charge on any atom is 0.257 e. The van der Waals surface area contributed by atoms with Gasteiger partial charge in [0.25, 0.3) is 5.91 Å². The van der Waals surface area contributed by atoms with Crippen molar-refractivity contribution in [1.82, 2.24) is 4.90 Å². The number of amides is 3. The van der Waals surface area contributed by atoms with Crippen LogP contribution in [0, 0.1) is 5.82 Å². The highest BCUT2D eigenvalue weighted by Crippen LogP contribution is 2.27. The van der Waals surface area contributed by atoms with E-state index in [9.17, 15) is 18.8 Å². The largest absolute Gasteiger partial charge is 0.354 e. The Morgan fingerprint density at radius 3 is 2.33 bits per heavy atom. The highest BCUT2D eigenvalue weighted by molar-refractivity contribution is 6.23. The minimum atomic E-state index is -0.994. The highest BCUT2D eigenvalue weighted by atomic mass is 19.1. The third-order valence-electron chi connectivity index (χ3n) is 4.97. The molecule has 0 spiro atoms. The van der Waals surface area contributed by atoms with Gasteiger partial charge in [0.15, 0.2) is 6.29 Å². The Hall–Kier alpha value is -3.10. The number of halogens is 1. The highest BCUT2D eigenvalue weighted by Gasteiger charge is 2.44. The van der Waals surface area contributed by atoms with E-state index in [1.54, 1.807) is 0 Å². The van der Waals surface area contributed by atoms with Gasteiger partial charge in [-0.2, -0.15) is 0 Å². The first kappa shape index (κ1) is 21.6. The van der Waals surface area contributed by atoms with E-state index in [0.29, 0.717) is 0 Å². The summed E-state index contributed by atoms with van der Waals surface area (Å²) >= 11 is 0. The zero-order valence-corrected chi connectivity index (χ0v) is 16.8. The van der Waals surface area contributed by atoms with Crippen LogP contribution in [0.5, 0.6) is 0 Å². The predicted octanol–water partition coefficient (Wildman–Crippen LogP) is 2.15. The van der Waals surface area contributed by atoms with Crippen molar-refractivity contribution in [1.29, 1.82) is 0 Å². The molecule has 0 radical (unpaired) electrons. The Morgan fingerprint density at radius 1 is 1.10 bits per heavy atom. The number of nitrogens with zero attached hydrogens (tertiary/aromatic N) is 2. The van der Waals surface area contributed by atoms with Crippen LogP contribution in [0.3, 0.4) is 0 Å². The molecule has 1 heterocycles. The van der Waals surface area contributed by atoms with Gasteiger partial charge in [-0.15, -0.1) is 0 Å². The molecule has 30 heavy (non-hydrogen) atoms. The van der Waals surface area contributed by atoms with Gasteiger partial charge >= 0.3 is 0 Å². The number of carbonyl (C=O) groups is 3. The van der Waals surface area contributed by atoms with E-state index in [-0.39, 0.29) is 31.0 Å². The summed E-state index contributed by atoms with van der Waals surface area (Å²) < 4.78 is 23.7. The minimum absolute atomic E-state index is 0.0143. The van der Waals surface area contributed by atoms with Crippen molar-refractivity contribution in [2.45, 2.75) is 25.2 Å². The number of carbonyl (C=O) groups excluding carboxylic acids is 3. The van der Waals surface area contributed by atoms with E-state index < -0.39 is 30.0 Å². The average molecular weight is 414 g/mol. The van der Waals surface area contributed by atoms with Crippen molar-refractivity contribution in [3.05, 3.63) is 66.0 Å². The van der Waals surface area contributed by atoms with Gasteiger partial charge in [0.2, 0.25) is 11.8 Å². The number of hydrogen-bond acceptors (Lipinski definition) is 5. The Labute approximate surface area is 174 Å². The van der Waals surface area contributed by atoms with Crippen LogP contribution in [-0.4, -0.2) is 55.7 Å². The lowest BCUT2D eigenvalue weighted by Gasteiger charge is -2.30. The summed E-state index contributed by atoms with van der Waals surface area (Å²) in [7, 11) is 2.86. The molecular weight excluding hydrogens is 391 g/mol. The molecule has 0 aliphatic carbocycles. The van der Waals surface area contributed by atoms with Crippen LogP contribution in [0.25, 0.3) is 0 Å². The summed E-state index contributed by atoms with van der Waals surface area (Å²) in [5, 5.41) is 0. The normalized spacial score (nSPS) is 16.4. The number of methoxy groups -OCH3 is 2. The van der Waals surface area contributed by atoms with Gasteiger partial charge in [-0.25, -0.2) is 9.29 Å². The third-order valence-corrected chi connectivity index (χ3v) is 4.97. The van der Waals surface area contributed by atoms with Gasteiger partial charge in [0.05, 0.1) is 25.1 Å². The molecule has 3 amide bonds. The maximum absolute atomic E-state index is 13.2. The first-order valence-electron chi connectivity index (χ1n) is 9.46. The monoisotopic (exact) mass is 414 g/mol. The van der Waals surface area contributed by atoms with E-state index in [2.05, 4.69) is 0 Å². The Morgan fingerprint density at radius 2 is 1.73 bits per heavy atom. The van der Waals surface area contributed by atoms with Crippen molar-refractivity contribution in [3.63, 3.8) is 0 Å². The first-order valence-corrected chi connectivity index (χ1v) is 9.46. The van der Waals surface area contributed by atoms with E-state index in [1.807, 2.05) is 30.3 Å². The fourth-order valence-electron chi connectivity index (χ4n) is 3.40. The standard InChI is InChI=1S/C22H23FN2O5/c1-29-21(30-2)14-24(19(26)12-15-6-4-3-5-7-15)18-13-20(27)25(22(18)28)17-10-8-16(23)9-11-17/h3-11,18,21H,12-14H2,1-2H3. The molecule has 3 rings (SSSR count). The zero-order valence-electron chi connectivity index (χ0n) is 16.8. The van der Waals surface area contributed by atoms with Gasteiger partial charge < -0.3 is 14.4 Å². The molecule has 2 aromatic rings. The zero-order chi connectivity index (χ0) is 21.7. The first-order chi connectivity index (χ1) is 14.4. The van der Waals surface area contributed by atoms with Gasteiger partial charge in [-0.3, -0.25) is 14.4 Å². The summed E-state index contributed by atoms with van der Waals surface area (Å²) in [6.07, 6.45) is -0.862. The summed E-state index contributed by atoms with van der Waals surface area (Å²) in [5.74, 6) is -1.80. The van der Waals surface area contributed by atoms with Crippen LogP contribution < -0.4 is 4.90 Å². The Bertz CT molecular complexity index is 900. The van der Waals surface area contributed by atoms with Gasteiger partial charge in [-0.05, 0) is 29.8 Å². The number of rotatable bonds is 8. The fraction of sp³-hybridized carbons (Fsp3) is 0.318. The molecule has 1 aliphatic rings. The summed E-state index contributed by atoms with van der Waals surface area (Å²) in [4.78, 5) is 41.1. The van der Waals surface area contributed by atoms with Gasteiger partial charge in [0, 0.05) is 14.2 Å². The van der Waals surface area contributed by atoms with Crippen molar-refractivity contribution in [3.8, 4) is 0 Å². The molecule has 8 heteroatoms. The van der Waals surface area contributed by atoms with E-state index >= 15 is 0 Å². The number of imide groups is 1. The molecule has 0 aromatic heterocycles. The van der Waals surface area contributed by atoms with Crippen LogP contribution in [0.2, 0.25) is 0 Å². The quantitative estimate of drug-likeness (QED) is 0.489. The number of benzene rings is 2. The van der Waals surface area contributed by atoms with Crippen molar-refractivity contribution < 1.29 is 28.2 Å². The molecular formula is C22H23FN2O5. The molecule has 2 aromatic carbocycles. The van der Waals surface area contributed by atoms with E-state index in [0.717, 1.165) is 10.5 Å². The number of anilines is 1.